The molecule has 0 bridgehead atoms. The van der Waals surface area contributed by atoms with Crippen molar-refractivity contribution in [3.05, 3.63) is 59.7 Å². The van der Waals surface area contributed by atoms with Gasteiger partial charge in [-0.2, -0.15) is 0 Å². The average Bonchev–Trinajstić information content (AvgIpc) is 3.11. The first-order valence-corrected chi connectivity index (χ1v) is 11.1. The van der Waals surface area contributed by atoms with Crippen LogP contribution in [0.1, 0.15) is 49.7 Å². The van der Waals surface area contributed by atoms with Crippen molar-refractivity contribution >= 4 is 18.0 Å². The van der Waals surface area contributed by atoms with Gasteiger partial charge in [-0.05, 0) is 48.4 Å². The number of fused-ring (bicyclic) bond motifs is 3. The molecule has 2 aliphatic rings. The zero-order valence-corrected chi connectivity index (χ0v) is 18.1. The van der Waals surface area contributed by atoms with E-state index in [9.17, 15) is 14.4 Å². The number of ether oxygens (including phenoxy) is 1. The molecule has 2 N–H and O–H groups in total. The SMILES string of the molecule is C[C@@H](NC(=O)OCC1c2ccccc2-c2ccccc21)C(=O)N1CCCCC1CC(=O)O. The molecule has 1 unspecified atom stereocenters. The lowest BCUT2D eigenvalue weighted by Gasteiger charge is -2.36. The number of nitrogens with zero attached hydrogens (tertiary/aromatic N) is 1. The van der Waals surface area contributed by atoms with Crippen molar-refractivity contribution in [2.45, 2.75) is 50.6 Å². The Balaban J connectivity index is 1.37. The normalized spacial score (nSPS) is 18.4. The second-order valence-electron chi connectivity index (χ2n) is 8.47. The number of carboxylic acid groups (broad SMARTS) is 1. The van der Waals surface area contributed by atoms with Gasteiger partial charge in [-0.3, -0.25) is 9.59 Å². The van der Waals surface area contributed by atoms with Gasteiger partial charge in [-0.1, -0.05) is 48.5 Å². The van der Waals surface area contributed by atoms with Crippen molar-refractivity contribution < 1.29 is 24.2 Å². The van der Waals surface area contributed by atoms with E-state index >= 15 is 0 Å². The van der Waals surface area contributed by atoms with Crippen LogP contribution in [0.2, 0.25) is 0 Å². The number of nitrogens with one attached hydrogen (secondary N) is 1. The average molecular weight is 437 g/mol. The minimum atomic E-state index is -0.924. The van der Waals surface area contributed by atoms with Crippen LogP contribution in [0, 0.1) is 0 Å². The third kappa shape index (κ3) is 4.47. The van der Waals surface area contributed by atoms with Gasteiger partial charge in [0.2, 0.25) is 5.91 Å². The van der Waals surface area contributed by atoms with Gasteiger partial charge in [0.05, 0.1) is 6.42 Å². The van der Waals surface area contributed by atoms with E-state index in [0.717, 1.165) is 35.1 Å². The number of carboxylic acids is 1. The van der Waals surface area contributed by atoms with E-state index in [1.807, 2.05) is 36.4 Å². The Kier molecular flexibility index (Phi) is 6.44. The molecule has 2 atom stereocenters. The van der Waals surface area contributed by atoms with Crippen LogP contribution in [0.3, 0.4) is 0 Å². The fraction of sp³-hybridized carbons (Fsp3) is 0.400. The van der Waals surface area contributed by atoms with Crippen LogP contribution in [0.15, 0.2) is 48.5 Å². The van der Waals surface area contributed by atoms with Gasteiger partial charge in [0, 0.05) is 18.5 Å². The predicted molar refractivity (Wildman–Crippen MR) is 119 cm³/mol. The summed E-state index contributed by atoms with van der Waals surface area (Å²) in [6, 6.07) is 15.1. The minimum absolute atomic E-state index is 0.0544. The monoisotopic (exact) mass is 436 g/mol. The van der Waals surface area contributed by atoms with Crippen molar-refractivity contribution in [1.29, 1.82) is 0 Å². The predicted octanol–water partition coefficient (Wildman–Crippen LogP) is 3.77. The summed E-state index contributed by atoms with van der Waals surface area (Å²) in [6.07, 6.45) is 1.66. The number of piperidine rings is 1. The fourth-order valence-corrected chi connectivity index (χ4v) is 4.83. The molecule has 2 amide bonds. The summed E-state index contributed by atoms with van der Waals surface area (Å²) in [6.45, 7) is 2.29. The van der Waals surface area contributed by atoms with Gasteiger partial charge in [0.15, 0.2) is 0 Å². The molecule has 0 radical (unpaired) electrons. The van der Waals surface area contributed by atoms with Crippen LogP contribution in [0.5, 0.6) is 0 Å². The van der Waals surface area contributed by atoms with Gasteiger partial charge in [-0.15, -0.1) is 0 Å². The molecule has 2 aromatic rings. The largest absolute Gasteiger partial charge is 0.481 e. The van der Waals surface area contributed by atoms with Crippen molar-refractivity contribution in [2.24, 2.45) is 0 Å². The quantitative estimate of drug-likeness (QED) is 0.719. The first-order chi connectivity index (χ1) is 15.5. The number of amides is 2. The molecule has 168 valence electrons. The third-order valence-electron chi connectivity index (χ3n) is 6.37. The first-order valence-electron chi connectivity index (χ1n) is 11.1. The van der Waals surface area contributed by atoms with E-state index in [4.69, 9.17) is 9.84 Å². The van der Waals surface area contributed by atoms with Crippen molar-refractivity contribution in [2.75, 3.05) is 13.2 Å². The maximum absolute atomic E-state index is 12.9. The van der Waals surface area contributed by atoms with Gasteiger partial charge < -0.3 is 20.1 Å². The van der Waals surface area contributed by atoms with Crippen LogP contribution >= 0.6 is 0 Å². The fourth-order valence-electron chi connectivity index (χ4n) is 4.83. The smallest absolute Gasteiger partial charge is 0.407 e. The highest BCUT2D eigenvalue weighted by atomic mass is 16.5. The van der Waals surface area contributed by atoms with Crippen LogP contribution in [0.4, 0.5) is 4.79 Å². The number of carbonyl (C=O) groups is 3. The van der Waals surface area contributed by atoms with Crippen LogP contribution < -0.4 is 5.32 Å². The molecule has 1 aliphatic carbocycles. The van der Waals surface area contributed by atoms with Crippen LogP contribution in [0.25, 0.3) is 11.1 Å². The molecule has 0 saturated carbocycles. The Bertz CT molecular complexity index is 975. The Labute approximate surface area is 187 Å². The van der Waals surface area contributed by atoms with E-state index in [-0.39, 0.29) is 30.9 Å². The van der Waals surface area contributed by atoms with E-state index in [1.165, 1.54) is 0 Å². The van der Waals surface area contributed by atoms with E-state index in [1.54, 1.807) is 11.8 Å². The second-order valence-corrected chi connectivity index (χ2v) is 8.47. The Morgan fingerprint density at radius 1 is 1.06 bits per heavy atom. The number of hydrogen-bond acceptors (Lipinski definition) is 4. The number of hydrogen-bond donors (Lipinski definition) is 2. The summed E-state index contributed by atoms with van der Waals surface area (Å²) in [5.41, 5.74) is 4.54. The Morgan fingerprint density at radius 2 is 1.69 bits per heavy atom. The van der Waals surface area contributed by atoms with E-state index in [0.29, 0.717) is 13.0 Å². The third-order valence-corrected chi connectivity index (χ3v) is 6.37. The second kappa shape index (κ2) is 9.42. The lowest BCUT2D eigenvalue weighted by atomic mass is 9.98. The Morgan fingerprint density at radius 3 is 2.31 bits per heavy atom. The summed E-state index contributed by atoms with van der Waals surface area (Å²) in [5.74, 6) is -1.25. The summed E-state index contributed by atoms with van der Waals surface area (Å²) in [4.78, 5) is 38.1. The zero-order valence-electron chi connectivity index (χ0n) is 18.1. The number of alkyl carbamates (subject to hydrolysis) is 1. The highest BCUT2D eigenvalue weighted by molar-refractivity contribution is 5.86. The maximum Gasteiger partial charge on any atom is 0.407 e. The molecule has 0 aromatic heterocycles. The van der Waals surface area contributed by atoms with Gasteiger partial charge in [0.25, 0.3) is 0 Å². The molecule has 1 fully saturated rings. The molecule has 1 heterocycles. The van der Waals surface area contributed by atoms with Crippen LogP contribution in [-0.4, -0.2) is 53.2 Å². The Hall–Kier alpha value is -3.35. The highest BCUT2D eigenvalue weighted by Crippen LogP contribution is 2.44. The van der Waals surface area contributed by atoms with E-state index in [2.05, 4.69) is 17.4 Å². The lowest BCUT2D eigenvalue weighted by molar-refractivity contribution is -0.142. The van der Waals surface area contributed by atoms with Crippen molar-refractivity contribution in [3.63, 3.8) is 0 Å². The molecular weight excluding hydrogens is 408 g/mol. The molecule has 7 nitrogen and oxygen atoms in total. The van der Waals surface area contributed by atoms with Gasteiger partial charge >= 0.3 is 12.1 Å². The topological polar surface area (TPSA) is 95.9 Å². The maximum atomic E-state index is 12.9. The first kappa shape index (κ1) is 21.9. The standard InChI is InChI=1S/C25H28N2O5/c1-16(24(30)27-13-7-6-8-17(27)14-23(28)29)26-25(31)32-15-22-20-11-4-2-9-18(20)19-10-3-5-12-21(19)22/h2-5,9-12,16-17,22H,6-8,13-15H2,1H3,(H,26,31)(H,28,29)/t16-,17?/m1/s1. The number of rotatable bonds is 6. The molecule has 2 aromatic carbocycles. The van der Waals surface area contributed by atoms with Crippen LogP contribution in [-0.2, 0) is 14.3 Å². The minimum Gasteiger partial charge on any atom is -0.481 e. The molecule has 1 saturated heterocycles. The number of aliphatic carboxylic acids is 1. The molecule has 1 aliphatic heterocycles. The summed E-state index contributed by atoms with van der Waals surface area (Å²) in [7, 11) is 0. The lowest BCUT2D eigenvalue weighted by Crippen LogP contribution is -2.52. The number of carbonyl (C=O) groups excluding carboxylic acids is 2. The number of likely N-dealkylation sites (tertiary alicyclic amines) is 1. The summed E-state index contributed by atoms with van der Waals surface area (Å²) in [5, 5.41) is 11.8. The summed E-state index contributed by atoms with van der Waals surface area (Å²) < 4.78 is 5.52. The van der Waals surface area contributed by atoms with Gasteiger partial charge in [0.1, 0.15) is 12.6 Å². The van der Waals surface area contributed by atoms with E-state index < -0.39 is 18.1 Å². The molecular formula is C25H28N2O5. The van der Waals surface area contributed by atoms with Crippen molar-refractivity contribution in [1.82, 2.24) is 10.2 Å². The molecule has 7 heteroatoms. The zero-order chi connectivity index (χ0) is 22.7. The van der Waals surface area contributed by atoms with Crippen molar-refractivity contribution in [3.8, 4) is 11.1 Å². The number of benzene rings is 2. The summed E-state index contributed by atoms with van der Waals surface area (Å²) >= 11 is 0. The molecule has 0 spiro atoms. The molecule has 4 rings (SSSR count). The molecule has 32 heavy (non-hydrogen) atoms. The highest BCUT2D eigenvalue weighted by Gasteiger charge is 2.33. The van der Waals surface area contributed by atoms with Gasteiger partial charge in [-0.25, -0.2) is 4.79 Å².